The molecule has 2 rings (SSSR count). The number of ether oxygens (including phenoxy) is 1. The SMILES string of the molecule is CC1CCCC(Oc2ccc(Br)cn2)C1. The fourth-order valence-electron chi connectivity index (χ4n) is 2.09. The van der Waals surface area contributed by atoms with Crippen LogP contribution in [0.25, 0.3) is 0 Å². The summed E-state index contributed by atoms with van der Waals surface area (Å²) in [5.41, 5.74) is 0. The van der Waals surface area contributed by atoms with Crippen LogP contribution in [0.1, 0.15) is 32.6 Å². The van der Waals surface area contributed by atoms with Crippen LogP contribution in [0, 0.1) is 5.92 Å². The zero-order chi connectivity index (χ0) is 10.7. The Kier molecular flexibility index (Phi) is 3.62. The van der Waals surface area contributed by atoms with Gasteiger partial charge in [0.15, 0.2) is 0 Å². The van der Waals surface area contributed by atoms with Gasteiger partial charge < -0.3 is 4.74 Å². The van der Waals surface area contributed by atoms with Gasteiger partial charge in [-0.05, 0) is 47.2 Å². The van der Waals surface area contributed by atoms with Crippen molar-refractivity contribution in [3.63, 3.8) is 0 Å². The highest BCUT2D eigenvalue weighted by Crippen LogP contribution is 2.26. The Morgan fingerprint density at radius 1 is 1.40 bits per heavy atom. The van der Waals surface area contributed by atoms with Crippen LogP contribution >= 0.6 is 15.9 Å². The van der Waals surface area contributed by atoms with Crippen molar-refractivity contribution in [3.05, 3.63) is 22.8 Å². The van der Waals surface area contributed by atoms with Crippen molar-refractivity contribution < 1.29 is 4.74 Å². The van der Waals surface area contributed by atoms with Gasteiger partial charge in [0.2, 0.25) is 5.88 Å². The largest absolute Gasteiger partial charge is 0.474 e. The van der Waals surface area contributed by atoms with Gasteiger partial charge in [0.25, 0.3) is 0 Å². The first-order valence-corrected chi connectivity index (χ1v) is 6.31. The van der Waals surface area contributed by atoms with Crippen LogP contribution in [0.15, 0.2) is 22.8 Å². The molecule has 1 aliphatic carbocycles. The van der Waals surface area contributed by atoms with Crippen LogP contribution in [0.5, 0.6) is 5.88 Å². The van der Waals surface area contributed by atoms with Crippen LogP contribution in [0.3, 0.4) is 0 Å². The van der Waals surface area contributed by atoms with E-state index in [1.54, 1.807) is 6.20 Å². The minimum absolute atomic E-state index is 0.363. The van der Waals surface area contributed by atoms with E-state index in [0.29, 0.717) is 6.10 Å². The lowest BCUT2D eigenvalue weighted by Gasteiger charge is -2.26. The predicted octanol–water partition coefficient (Wildman–Crippen LogP) is 3.80. The third-order valence-electron chi connectivity index (χ3n) is 2.88. The van der Waals surface area contributed by atoms with Crippen molar-refractivity contribution >= 4 is 15.9 Å². The van der Waals surface area contributed by atoms with E-state index in [-0.39, 0.29) is 0 Å². The average molecular weight is 270 g/mol. The molecule has 0 amide bonds. The first kappa shape index (κ1) is 10.9. The molecule has 3 heteroatoms. The number of halogens is 1. The molecule has 0 aromatic carbocycles. The van der Waals surface area contributed by atoms with Crippen LogP contribution in [-0.4, -0.2) is 11.1 Å². The molecule has 0 N–H and O–H groups in total. The van der Waals surface area contributed by atoms with Crippen molar-refractivity contribution in [1.82, 2.24) is 4.98 Å². The highest BCUT2D eigenvalue weighted by molar-refractivity contribution is 9.10. The zero-order valence-corrected chi connectivity index (χ0v) is 10.5. The summed E-state index contributed by atoms with van der Waals surface area (Å²) in [5, 5.41) is 0. The molecular weight excluding hydrogens is 254 g/mol. The number of pyridine rings is 1. The van der Waals surface area contributed by atoms with Crippen molar-refractivity contribution in [2.75, 3.05) is 0 Å². The van der Waals surface area contributed by atoms with Crippen molar-refractivity contribution in [2.45, 2.75) is 38.7 Å². The van der Waals surface area contributed by atoms with E-state index in [2.05, 4.69) is 27.8 Å². The molecule has 0 aliphatic heterocycles. The van der Waals surface area contributed by atoms with E-state index in [1.165, 1.54) is 19.3 Å². The van der Waals surface area contributed by atoms with Gasteiger partial charge in [0.1, 0.15) is 6.10 Å². The highest BCUT2D eigenvalue weighted by atomic mass is 79.9. The maximum Gasteiger partial charge on any atom is 0.213 e. The Labute approximate surface area is 99.2 Å². The van der Waals surface area contributed by atoms with Gasteiger partial charge in [0, 0.05) is 16.7 Å². The maximum atomic E-state index is 5.85. The second-order valence-electron chi connectivity index (χ2n) is 4.33. The second kappa shape index (κ2) is 4.97. The minimum atomic E-state index is 0.363. The maximum absolute atomic E-state index is 5.85. The first-order chi connectivity index (χ1) is 7.24. The summed E-state index contributed by atoms with van der Waals surface area (Å²) in [6.07, 6.45) is 7.10. The lowest BCUT2D eigenvalue weighted by atomic mass is 9.89. The first-order valence-electron chi connectivity index (χ1n) is 5.52. The second-order valence-corrected chi connectivity index (χ2v) is 5.24. The summed E-state index contributed by atoms with van der Waals surface area (Å²) in [5.74, 6) is 1.54. The zero-order valence-electron chi connectivity index (χ0n) is 8.95. The predicted molar refractivity (Wildman–Crippen MR) is 64.0 cm³/mol. The Balaban J connectivity index is 1.93. The molecule has 15 heavy (non-hydrogen) atoms. The van der Waals surface area contributed by atoms with E-state index >= 15 is 0 Å². The van der Waals surface area contributed by atoms with Gasteiger partial charge in [-0.2, -0.15) is 0 Å². The molecule has 1 fully saturated rings. The summed E-state index contributed by atoms with van der Waals surface area (Å²) in [6, 6.07) is 3.89. The van der Waals surface area contributed by atoms with E-state index in [4.69, 9.17) is 4.74 Å². The number of hydrogen-bond acceptors (Lipinski definition) is 2. The smallest absolute Gasteiger partial charge is 0.213 e. The third-order valence-corrected chi connectivity index (χ3v) is 3.35. The molecule has 1 aromatic heterocycles. The van der Waals surface area contributed by atoms with Crippen LogP contribution in [0.2, 0.25) is 0 Å². The Morgan fingerprint density at radius 3 is 2.93 bits per heavy atom. The molecule has 0 bridgehead atoms. The average Bonchev–Trinajstić information content (AvgIpc) is 2.22. The number of rotatable bonds is 2. The van der Waals surface area contributed by atoms with Crippen LogP contribution < -0.4 is 4.74 Å². The van der Waals surface area contributed by atoms with E-state index in [0.717, 1.165) is 22.7 Å². The topological polar surface area (TPSA) is 22.1 Å². The van der Waals surface area contributed by atoms with E-state index < -0.39 is 0 Å². The van der Waals surface area contributed by atoms with Crippen LogP contribution in [0.4, 0.5) is 0 Å². The molecule has 1 aliphatic rings. The summed E-state index contributed by atoms with van der Waals surface area (Å²) >= 11 is 3.36. The molecule has 0 spiro atoms. The van der Waals surface area contributed by atoms with Gasteiger partial charge in [-0.1, -0.05) is 13.3 Å². The van der Waals surface area contributed by atoms with E-state index in [1.807, 2.05) is 12.1 Å². The van der Waals surface area contributed by atoms with Gasteiger partial charge in [0.05, 0.1) is 0 Å². The van der Waals surface area contributed by atoms with E-state index in [9.17, 15) is 0 Å². The number of hydrogen-bond donors (Lipinski definition) is 0. The van der Waals surface area contributed by atoms with Crippen LogP contribution in [-0.2, 0) is 0 Å². The van der Waals surface area contributed by atoms with Crippen molar-refractivity contribution in [1.29, 1.82) is 0 Å². The summed E-state index contributed by atoms with van der Waals surface area (Å²) in [6.45, 7) is 2.30. The standard InChI is InChI=1S/C12H16BrNO/c1-9-3-2-4-11(7-9)15-12-6-5-10(13)8-14-12/h5-6,8-9,11H,2-4,7H2,1H3. The Hall–Kier alpha value is -0.570. The Morgan fingerprint density at radius 2 is 2.27 bits per heavy atom. The molecule has 1 heterocycles. The molecule has 2 nitrogen and oxygen atoms in total. The van der Waals surface area contributed by atoms with Crippen molar-refractivity contribution in [3.8, 4) is 5.88 Å². The van der Waals surface area contributed by atoms with Crippen molar-refractivity contribution in [2.24, 2.45) is 5.92 Å². The third kappa shape index (κ3) is 3.20. The lowest BCUT2D eigenvalue weighted by Crippen LogP contribution is -2.24. The molecule has 0 radical (unpaired) electrons. The minimum Gasteiger partial charge on any atom is -0.474 e. The van der Waals surface area contributed by atoms with Gasteiger partial charge >= 0.3 is 0 Å². The highest BCUT2D eigenvalue weighted by Gasteiger charge is 2.20. The number of aromatic nitrogens is 1. The fraction of sp³-hybridized carbons (Fsp3) is 0.583. The summed E-state index contributed by atoms with van der Waals surface area (Å²) < 4.78 is 6.84. The molecule has 1 saturated carbocycles. The lowest BCUT2D eigenvalue weighted by molar-refractivity contribution is 0.124. The normalized spacial score (nSPS) is 26.3. The Bertz CT molecular complexity index is 312. The quantitative estimate of drug-likeness (QED) is 0.815. The molecule has 2 atom stereocenters. The molecular formula is C12H16BrNO. The van der Waals surface area contributed by atoms with Gasteiger partial charge in [-0.3, -0.25) is 0 Å². The molecule has 0 saturated heterocycles. The molecule has 2 unspecified atom stereocenters. The fourth-order valence-corrected chi connectivity index (χ4v) is 2.32. The van der Waals surface area contributed by atoms with Gasteiger partial charge in [-0.25, -0.2) is 4.98 Å². The molecule has 82 valence electrons. The monoisotopic (exact) mass is 269 g/mol. The summed E-state index contributed by atoms with van der Waals surface area (Å²) in [4.78, 5) is 4.23. The number of nitrogens with zero attached hydrogens (tertiary/aromatic N) is 1. The summed E-state index contributed by atoms with van der Waals surface area (Å²) in [7, 11) is 0. The molecule has 1 aromatic rings. The van der Waals surface area contributed by atoms with Gasteiger partial charge in [-0.15, -0.1) is 0 Å².